The molecule has 3 aromatic rings. The van der Waals surface area contributed by atoms with Crippen molar-refractivity contribution in [2.45, 2.75) is 24.5 Å². The van der Waals surface area contributed by atoms with Gasteiger partial charge in [0.2, 0.25) is 0 Å². The van der Waals surface area contributed by atoms with E-state index in [2.05, 4.69) is 0 Å². The van der Waals surface area contributed by atoms with Crippen LogP contribution in [-0.4, -0.2) is 20.9 Å². The van der Waals surface area contributed by atoms with Crippen LogP contribution in [0.5, 0.6) is 0 Å². The highest BCUT2D eigenvalue weighted by molar-refractivity contribution is 7.91. The van der Waals surface area contributed by atoms with Crippen molar-refractivity contribution in [3.05, 3.63) is 70.6 Å². The summed E-state index contributed by atoms with van der Waals surface area (Å²) >= 11 is 1.37. The maximum atomic E-state index is 13.2. The van der Waals surface area contributed by atoms with Gasteiger partial charge in [-0.2, -0.15) is 0 Å². The van der Waals surface area contributed by atoms with Crippen molar-refractivity contribution in [1.82, 2.24) is 0 Å². The second-order valence-corrected chi connectivity index (χ2v) is 9.62. The van der Waals surface area contributed by atoms with Gasteiger partial charge in [-0.25, -0.2) is 8.42 Å². The zero-order chi connectivity index (χ0) is 19.2. The van der Waals surface area contributed by atoms with Crippen molar-refractivity contribution in [3.63, 3.8) is 0 Å². The lowest BCUT2D eigenvalue weighted by atomic mass is 10.1. The monoisotopic (exact) mass is 397 g/mol. The van der Waals surface area contributed by atoms with Crippen molar-refractivity contribution in [2.24, 2.45) is 0 Å². The summed E-state index contributed by atoms with van der Waals surface area (Å²) in [5.41, 5.74) is 3.34. The summed E-state index contributed by atoms with van der Waals surface area (Å²) < 4.78 is 25.1. The Kier molecular flexibility index (Phi) is 4.40. The van der Waals surface area contributed by atoms with Crippen LogP contribution in [0.4, 0.5) is 5.69 Å². The highest BCUT2D eigenvalue weighted by atomic mass is 32.2. The first-order chi connectivity index (χ1) is 12.9. The normalized spacial score (nSPS) is 14.3. The third kappa shape index (κ3) is 3.09. The number of sulfone groups is 1. The largest absolute Gasteiger partial charge is 0.308 e. The molecular formula is C21H19NO3S2. The van der Waals surface area contributed by atoms with Crippen LogP contribution < -0.4 is 4.90 Å². The molecular weight excluding hydrogens is 378 g/mol. The average Bonchev–Trinajstić information content (AvgIpc) is 3.06. The Balaban J connectivity index is 1.78. The van der Waals surface area contributed by atoms with Gasteiger partial charge in [-0.15, -0.1) is 11.3 Å². The number of nitrogens with zero attached hydrogens (tertiary/aromatic N) is 1. The SMILES string of the molecule is CCN(C(=O)c1cc2c(s1)-c1ccccc1S(=O)(=O)C2)c1cccc(C)c1. The highest BCUT2D eigenvalue weighted by Crippen LogP contribution is 2.43. The molecule has 4 rings (SSSR count). The van der Waals surface area contributed by atoms with Gasteiger partial charge in [0.05, 0.1) is 15.5 Å². The van der Waals surface area contributed by atoms with Gasteiger partial charge in [-0.05, 0) is 49.2 Å². The van der Waals surface area contributed by atoms with E-state index in [1.807, 2.05) is 50.2 Å². The Morgan fingerprint density at radius 2 is 1.89 bits per heavy atom. The predicted molar refractivity (Wildman–Crippen MR) is 109 cm³/mol. The molecule has 27 heavy (non-hydrogen) atoms. The van der Waals surface area contributed by atoms with Crippen LogP contribution in [0.15, 0.2) is 59.5 Å². The van der Waals surface area contributed by atoms with Gasteiger partial charge in [0.1, 0.15) is 0 Å². The minimum atomic E-state index is -3.37. The number of hydrogen-bond donors (Lipinski definition) is 0. The van der Waals surface area contributed by atoms with Crippen LogP contribution in [0.1, 0.15) is 27.7 Å². The topological polar surface area (TPSA) is 54.5 Å². The Morgan fingerprint density at radius 1 is 1.11 bits per heavy atom. The van der Waals surface area contributed by atoms with E-state index in [0.29, 0.717) is 27.4 Å². The van der Waals surface area contributed by atoms with Gasteiger partial charge in [-0.1, -0.05) is 30.3 Å². The Hall–Kier alpha value is -2.44. The van der Waals surface area contributed by atoms with Gasteiger partial charge in [0, 0.05) is 22.7 Å². The molecule has 1 aliphatic heterocycles. The number of benzene rings is 2. The lowest BCUT2D eigenvalue weighted by Gasteiger charge is -2.20. The zero-order valence-corrected chi connectivity index (χ0v) is 16.7. The van der Waals surface area contributed by atoms with E-state index in [4.69, 9.17) is 0 Å². The molecule has 2 heterocycles. The van der Waals surface area contributed by atoms with Gasteiger partial charge >= 0.3 is 0 Å². The molecule has 4 nitrogen and oxygen atoms in total. The molecule has 1 amide bonds. The quantitative estimate of drug-likeness (QED) is 0.645. The first kappa shape index (κ1) is 17.9. The molecule has 0 atom stereocenters. The van der Waals surface area contributed by atoms with Crippen molar-refractivity contribution in [1.29, 1.82) is 0 Å². The van der Waals surface area contributed by atoms with Crippen LogP contribution in [-0.2, 0) is 15.6 Å². The minimum Gasteiger partial charge on any atom is -0.308 e. The first-order valence-electron chi connectivity index (χ1n) is 8.74. The number of aryl methyl sites for hydroxylation is 1. The number of anilines is 1. The molecule has 0 spiro atoms. The number of fused-ring (bicyclic) bond motifs is 3. The van der Waals surface area contributed by atoms with E-state index < -0.39 is 9.84 Å². The summed E-state index contributed by atoms with van der Waals surface area (Å²) in [5.74, 6) is -0.156. The minimum absolute atomic E-state index is 0.0559. The van der Waals surface area contributed by atoms with Crippen LogP contribution >= 0.6 is 11.3 Å². The average molecular weight is 398 g/mol. The van der Waals surface area contributed by atoms with Gasteiger partial charge in [0.15, 0.2) is 9.84 Å². The van der Waals surface area contributed by atoms with Crippen molar-refractivity contribution < 1.29 is 13.2 Å². The number of rotatable bonds is 3. The summed E-state index contributed by atoms with van der Waals surface area (Å²) in [6, 6.07) is 16.6. The zero-order valence-electron chi connectivity index (χ0n) is 15.1. The summed E-state index contributed by atoms with van der Waals surface area (Å²) in [4.78, 5) is 16.7. The lowest BCUT2D eigenvalue weighted by Crippen LogP contribution is -2.30. The van der Waals surface area contributed by atoms with Crippen LogP contribution in [0, 0.1) is 6.92 Å². The van der Waals surface area contributed by atoms with Gasteiger partial charge in [-0.3, -0.25) is 4.79 Å². The highest BCUT2D eigenvalue weighted by Gasteiger charge is 2.31. The maximum absolute atomic E-state index is 13.2. The maximum Gasteiger partial charge on any atom is 0.268 e. The van der Waals surface area contributed by atoms with E-state index in [1.54, 1.807) is 23.1 Å². The van der Waals surface area contributed by atoms with Crippen molar-refractivity contribution in [3.8, 4) is 10.4 Å². The number of carbonyl (C=O) groups is 1. The first-order valence-corrected chi connectivity index (χ1v) is 11.2. The molecule has 1 aliphatic rings. The van der Waals surface area contributed by atoms with Gasteiger partial charge in [0.25, 0.3) is 5.91 Å². The Bertz CT molecular complexity index is 1150. The van der Waals surface area contributed by atoms with E-state index in [1.165, 1.54) is 11.3 Å². The molecule has 0 saturated heterocycles. The van der Waals surface area contributed by atoms with Crippen molar-refractivity contribution in [2.75, 3.05) is 11.4 Å². The third-order valence-corrected chi connectivity index (χ3v) is 7.62. The molecule has 0 unspecified atom stereocenters. The smallest absolute Gasteiger partial charge is 0.268 e. The summed E-state index contributed by atoms with van der Waals surface area (Å²) in [7, 11) is -3.37. The molecule has 0 bridgehead atoms. The fourth-order valence-corrected chi connectivity index (χ4v) is 6.36. The van der Waals surface area contributed by atoms with Crippen molar-refractivity contribution >= 4 is 32.8 Å². The van der Waals surface area contributed by atoms with Gasteiger partial charge < -0.3 is 4.90 Å². The lowest BCUT2D eigenvalue weighted by molar-refractivity contribution is 0.0992. The number of carbonyl (C=O) groups excluding carboxylic acids is 1. The predicted octanol–water partition coefficient (Wildman–Crippen LogP) is 4.68. The Labute approximate surface area is 163 Å². The number of amides is 1. The second kappa shape index (κ2) is 6.62. The molecule has 1 aromatic heterocycles. The summed E-state index contributed by atoms with van der Waals surface area (Å²) in [6.07, 6.45) is 0. The molecule has 6 heteroatoms. The number of hydrogen-bond acceptors (Lipinski definition) is 4. The molecule has 138 valence electrons. The molecule has 0 N–H and O–H groups in total. The summed E-state index contributed by atoms with van der Waals surface area (Å²) in [6.45, 7) is 4.47. The second-order valence-electron chi connectivity index (χ2n) is 6.61. The molecule has 0 saturated carbocycles. The van der Waals surface area contributed by atoms with E-state index in [0.717, 1.165) is 16.1 Å². The molecule has 0 fully saturated rings. The summed E-state index contributed by atoms with van der Waals surface area (Å²) in [5, 5.41) is 0. The molecule has 0 aliphatic carbocycles. The fraction of sp³-hybridized carbons (Fsp3) is 0.190. The Morgan fingerprint density at radius 3 is 2.63 bits per heavy atom. The number of thiophene rings is 1. The van der Waals surface area contributed by atoms with E-state index >= 15 is 0 Å². The molecule has 0 radical (unpaired) electrons. The third-order valence-electron chi connectivity index (χ3n) is 4.71. The van der Waals surface area contributed by atoms with E-state index in [9.17, 15) is 13.2 Å². The van der Waals surface area contributed by atoms with Crippen LogP contribution in [0.2, 0.25) is 0 Å². The van der Waals surface area contributed by atoms with E-state index in [-0.39, 0.29) is 11.7 Å². The molecule has 2 aromatic carbocycles. The standard InChI is InChI=1S/C21H19NO3S2/c1-3-22(16-8-6-7-14(2)11-16)21(23)18-12-15-13-27(24,25)19-10-5-4-9-17(19)20(15)26-18/h4-12H,3,13H2,1-2H3. The fourth-order valence-electron chi connectivity index (χ4n) is 3.45. The van der Waals surface area contributed by atoms with Crippen LogP contribution in [0.3, 0.4) is 0 Å². The van der Waals surface area contributed by atoms with Crippen LogP contribution in [0.25, 0.3) is 10.4 Å².